The molecule has 1 aromatic carbocycles. The SMILES string of the molecule is CN/C=C\C(=N)NC(=O)c1cc(Oc2ccc(C(=O)N3CCC3)cn2)cc(O[C@@H](C)COC(F)F)c1. The Bertz CT molecular complexity index is 1110. The van der Waals surface area contributed by atoms with Gasteiger partial charge in [-0.2, -0.15) is 8.78 Å². The van der Waals surface area contributed by atoms with Gasteiger partial charge in [0.1, 0.15) is 23.4 Å². The predicted octanol–water partition coefficient (Wildman–Crippen LogP) is 3.17. The molecule has 0 spiro atoms. The van der Waals surface area contributed by atoms with E-state index in [0.29, 0.717) is 5.56 Å². The number of aromatic nitrogens is 1. The largest absolute Gasteiger partial charge is 0.488 e. The van der Waals surface area contributed by atoms with E-state index in [0.717, 1.165) is 19.5 Å². The van der Waals surface area contributed by atoms with Crippen LogP contribution in [0.5, 0.6) is 17.4 Å². The standard InChI is InChI=1S/C24H27F2N5O5/c1-15(14-34-24(25)26)35-18-10-17(22(32)30-20(27)6-7-28-2)11-19(12-18)36-21-5-4-16(13-29-21)23(33)31-8-3-9-31/h4-7,10-13,15,24,28H,3,8-9,14H2,1-2H3,(H2,27,30,32)/b7-6-/t15-/m0/s1. The van der Waals surface area contributed by atoms with Crippen LogP contribution in [0, 0.1) is 5.41 Å². The fourth-order valence-electron chi connectivity index (χ4n) is 3.10. The Morgan fingerprint density at radius 2 is 1.94 bits per heavy atom. The Kier molecular flexibility index (Phi) is 9.28. The third kappa shape index (κ3) is 7.73. The molecule has 0 aliphatic carbocycles. The van der Waals surface area contributed by atoms with Crippen molar-refractivity contribution >= 4 is 17.6 Å². The van der Waals surface area contributed by atoms with Crippen molar-refractivity contribution in [2.75, 3.05) is 26.7 Å². The molecule has 1 aliphatic rings. The van der Waals surface area contributed by atoms with E-state index in [4.69, 9.17) is 14.9 Å². The Morgan fingerprint density at radius 1 is 1.19 bits per heavy atom. The smallest absolute Gasteiger partial charge is 0.345 e. The maximum Gasteiger partial charge on any atom is 0.345 e. The molecule has 0 bridgehead atoms. The number of amides is 2. The Hall–Kier alpha value is -4.06. The number of amidine groups is 1. The fraction of sp³-hybridized carbons (Fsp3) is 0.333. The zero-order valence-corrected chi connectivity index (χ0v) is 19.8. The summed E-state index contributed by atoms with van der Waals surface area (Å²) in [5, 5.41) is 12.9. The van der Waals surface area contributed by atoms with Crippen LogP contribution in [0.1, 0.15) is 34.1 Å². The number of hydrogen-bond acceptors (Lipinski definition) is 8. The molecule has 0 radical (unpaired) electrons. The third-order valence-corrected chi connectivity index (χ3v) is 4.95. The highest BCUT2D eigenvalue weighted by atomic mass is 19.3. The Morgan fingerprint density at radius 3 is 2.56 bits per heavy atom. The molecule has 36 heavy (non-hydrogen) atoms. The number of pyridine rings is 1. The highest BCUT2D eigenvalue weighted by Crippen LogP contribution is 2.28. The van der Waals surface area contributed by atoms with E-state index < -0.39 is 18.6 Å². The van der Waals surface area contributed by atoms with E-state index in [1.54, 1.807) is 18.0 Å². The van der Waals surface area contributed by atoms with Crippen molar-refractivity contribution in [3.05, 3.63) is 59.9 Å². The molecule has 192 valence electrons. The van der Waals surface area contributed by atoms with Gasteiger partial charge in [-0.15, -0.1) is 0 Å². The molecule has 0 saturated carbocycles. The van der Waals surface area contributed by atoms with Gasteiger partial charge in [0.25, 0.3) is 11.8 Å². The maximum atomic E-state index is 12.7. The number of rotatable bonds is 11. The summed E-state index contributed by atoms with van der Waals surface area (Å²) in [5.74, 6) is -0.389. The summed E-state index contributed by atoms with van der Waals surface area (Å²) in [6.45, 7) is -0.345. The number of hydrogen-bond donors (Lipinski definition) is 3. The van der Waals surface area contributed by atoms with Crippen LogP contribution in [0.3, 0.4) is 0 Å². The molecule has 1 aliphatic heterocycles. The number of alkyl halides is 2. The molecular formula is C24H27F2N5O5. The van der Waals surface area contributed by atoms with Gasteiger partial charge in [-0.25, -0.2) is 4.98 Å². The number of carbonyl (C=O) groups excluding carboxylic acids is 2. The first-order valence-electron chi connectivity index (χ1n) is 11.1. The molecular weight excluding hydrogens is 476 g/mol. The lowest BCUT2D eigenvalue weighted by atomic mass is 10.1. The van der Waals surface area contributed by atoms with E-state index in [1.807, 2.05) is 0 Å². The molecule has 2 heterocycles. The first-order valence-corrected chi connectivity index (χ1v) is 11.1. The quantitative estimate of drug-likeness (QED) is 0.318. The van der Waals surface area contributed by atoms with E-state index in [-0.39, 0.29) is 41.3 Å². The second kappa shape index (κ2) is 12.6. The second-order valence-corrected chi connectivity index (χ2v) is 7.84. The average molecular weight is 504 g/mol. The highest BCUT2D eigenvalue weighted by Gasteiger charge is 2.22. The van der Waals surface area contributed by atoms with Crippen LogP contribution < -0.4 is 20.1 Å². The summed E-state index contributed by atoms with van der Waals surface area (Å²) in [7, 11) is 1.65. The minimum absolute atomic E-state index is 0.0941. The van der Waals surface area contributed by atoms with Crippen molar-refractivity contribution in [1.82, 2.24) is 20.5 Å². The lowest BCUT2D eigenvalue weighted by Crippen LogP contribution is -2.42. The third-order valence-electron chi connectivity index (χ3n) is 4.95. The number of ether oxygens (including phenoxy) is 3. The van der Waals surface area contributed by atoms with E-state index >= 15 is 0 Å². The molecule has 1 aromatic heterocycles. The van der Waals surface area contributed by atoms with Gasteiger partial charge in [-0.1, -0.05) is 0 Å². The van der Waals surface area contributed by atoms with Gasteiger partial charge in [0.05, 0.1) is 12.2 Å². The van der Waals surface area contributed by atoms with Gasteiger partial charge in [0, 0.05) is 44.0 Å². The van der Waals surface area contributed by atoms with Crippen molar-refractivity contribution in [2.45, 2.75) is 26.1 Å². The minimum Gasteiger partial charge on any atom is -0.488 e. The average Bonchev–Trinajstić information content (AvgIpc) is 2.80. The summed E-state index contributed by atoms with van der Waals surface area (Å²) < 4.78 is 40.4. The second-order valence-electron chi connectivity index (χ2n) is 7.84. The number of likely N-dealkylation sites (tertiary alicyclic amines) is 1. The number of carbonyl (C=O) groups is 2. The lowest BCUT2D eigenvalue weighted by molar-refractivity contribution is -0.142. The van der Waals surface area contributed by atoms with Crippen LogP contribution >= 0.6 is 0 Å². The van der Waals surface area contributed by atoms with Gasteiger partial charge in [0.15, 0.2) is 0 Å². The molecule has 1 saturated heterocycles. The minimum atomic E-state index is -2.94. The number of nitrogens with one attached hydrogen (secondary N) is 3. The Balaban J connectivity index is 1.78. The zero-order valence-electron chi connectivity index (χ0n) is 19.8. The van der Waals surface area contributed by atoms with Crippen molar-refractivity contribution in [3.63, 3.8) is 0 Å². The number of nitrogens with zero attached hydrogens (tertiary/aromatic N) is 2. The molecule has 12 heteroatoms. The van der Waals surface area contributed by atoms with Crippen molar-refractivity contribution in [1.29, 1.82) is 5.41 Å². The molecule has 3 rings (SSSR count). The van der Waals surface area contributed by atoms with Crippen molar-refractivity contribution < 1.29 is 32.6 Å². The molecule has 2 aromatic rings. The van der Waals surface area contributed by atoms with Gasteiger partial charge in [-0.3, -0.25) is 15.0 Å². The molecule has 2 amide bonds. The topological polar surface area (TPSA) is 126 Å². The predicted molar refractivity (Wildman–Crippen MR) is 127 cm³/mol. The van der Waals surface area contributed by atoms with Crippen LogP contribution in [0.2, 0.25) is 0 Å². The first kappa shape index (κ1) is 26.5. The zero-order chi connectivity index (χ0) is 26.1. The number of benzene rings is 1. The van der Waals surface area contributed by atoms with E-state index in [9.17, 15) is 18.4 Å². The fourth-order valence-corrected chi connectivity index (χ4v) is 3.10. The summed E-state index contributed by atoms with van der Waals surface area (Å²) in [6, 6.07) is 7.38. The van der Waals surface area contributed by atoms with Crippen LogP contribution in [0.4, 0.5) is 8.78 Å². The summed E-state index contributed by atoms with van der Waals surface area (Å²) in [4.78, 5) is 30.9. The first-order chi connectivity index (χ1) is 17.2. The number of halogens is 2. The lowest BCUT2D eigenvalue weighted by Gasteiger charge is -2.30. The van der Waals surface area contributed by atoms with E-state index in [2.05, 4.69) is 20.4 Å². The molecule has 0 unspecified atom stereocenters. The monoisotopic (exact) mass is 503 g/mol. The van der Waals surface area contributed by atoms with Crippen LogP contribution in [-0.2, 0) is 4.74 Å². The molecule has 10 nitrogen and oxygen atoms in total. The molecule has 3 N–H and O–H groups in total. The van der Waals surface area contributed by atoms with Gasteiger partial charge in [0.2, 0.25) is 5.88 Å². The highest BCUT2D eigenvalue weighted by molar-refractivity contribution is 6.09. The van der Waals surface area contributed by atoms with Gasteiger partial charge >= 0.3 is 6.61 Å². The van der Waals surface area contributed by atoms with Gasteiger partial charge in [-0.05, 0) is 43.8 Å². The van der Waals surface area contributed by atoms with Crippen LogP contribution in [-0.4, -0.2) is 67.0 Å². The van der Waals surface area contributed by atoms with Crippen molar-refractivity contribution in [2.24, 2.45) is 0 Å². The normalized spacial score (nSPS) is 13.8. The maximum absolute atomic E-state index is 12.7. The van der Waals surface area contributed by atoms with Gasteiger partial charge < -0.3 is 29.7 Å². The van der Waals surface area contributed by atoms with Crippen LogP contribution in [0.25, 0.3) is 0 Å². The van der Waals surface area contributed by atoms with Crippen molar-refractivity contribution in [3.8, 4) is 17.4 Å². The molecule has 1 atom stereocenters. The summed E-state index contributed by atoms with van der Waals surface area (Å²) in [6.07, 6.45) is 4.46. The molecule has 1 fully saturated rings. The Labute approximate surface area is 206 Å². The summed E-state index contributed by atoms with van der Waals surface area (Å²) in [5.41, 5.74) is 0.525. The summed E-state index contributed by atoms with van der Waals surface area (Å²) >= 11 is 0. The van der Waals surface area contributed by atoms with Crippen LogP contribution in [0.15, 0.2) is 48.8 Å². The van der Waals surface area contributed by atoms with E-state index in [1.165, 1.54) is 49.7 Å².